The molecule has 4 saturated carbocycles. The van der Waals surface area contributed by atoms with E-state index in [-0.39, 0.29) is 40.8 Å². The third-order valence-electron chi connectivity index (χ3n) is 11.1. The van der Waals surface area contributed by atoms with Gasteiger partial charge in [-0.15, -0.1) is 0 Å². The molecular weight excluding hydrogens is 444 g/mol. The van der Waals surface area contributed by atoms with E-state index in [0.29, 0.717) is 12.3 Å². The molecule has 0 aromatic rings. The summed E-state index contributed by atoms with van der Waals surface area (Å²) in [6, 6.07) is 0. The molecule has 0 radical (unpaired) electrons. The molecule has 5 aliphatic carbocycles. The van der Waals surface area contributed by atoms with Crippen LogP contribution in [0, 0.1) is 34.5 Å². The van der Waals surface area contributed by atoms with E-state index in [1.807, 2.05) is 6.08 Å². The number of allylic oxidation sites excluding steroid dienone is 4. The number of aliphatic hydroxyl groups excluding tert-OH is 2. The minimum Gasteiger partial charge on any atom is -0.393 e. The van der Waals surface area contributed by atoms with Gasteiger partial charge in [0.25, 0.3) is 0 Å². The second-order valence-electron chi connectivity index (χ2n) is 12.7. The maximum Gasteiger partial charge on any atom is 0.193 e. The molecule has 5 fully saturated rings. The molecule has 1 saturated heterocycles. The number of ketones is 2. The molecule has 0 amide bonds. The standard InChI is InChI=1S/C29H40O6/c1-27-11-10-19(31)13-18(27)8-9-20-21-14-24-29(23(33)16-30,28(21,2)15-22(32)26(20)27)35-25(34-24)12-17-6-4-3-5-7-17/h10-11,13,17,20-22,24-26,30,32H,3-9,12,14-16H2,1-2H3/t20-,21-,22-,24+,25?,26+,27-,28-,29+/m0/s1. The molecule has 6 aliphatic rings. The number of fused-ring (bicyclic) bond motifs is 7. The van der Waals surface area contributed by atoms with Gasteiger partial charge in [-0.1, -0.05) is 57.6 Å². The Morgan fingerprint density at radius 2 is 1.94 bits per heavy atom. The fourth-order valence-electron chi connectivity index (χ4n) is 9.56. The van der Waals surface area contributed by atoms with Gasteiger partial charge in [0.1, 0.15) is 6.61 Å². The maximum atomic E-state index is 13.5. The van der Waals surface area contributed by atoms with Gasteiger partial charge in [-0.2, -0.15) is 0 Å². The molecule has 35 heavy (non-hydrogen) atoms. The Kier molecular flexibility index (Phi) is 5.72. The Labute approximate surface area is 208 Å². The molecule has 9 atom stereocenters. The van der Waals surface area contributed by atoms with Crippen LogP contribution >= 0.6 is 0 Å². The van der Waals surface area contributed by atoms with Crippen LogP contribution in [-0.2, 0) is 19.1 Å². The SMILES string of the molecule is C[C@]12C=CC(=O)C=C1CC[C@@H]1[C@@H]2[C@@H](O)C[C@@]2(C)[C@H]1C[C@H]1OC(CC3CCCCC3)O[C@]12C(=O)CO. The van der Waals surface area contributed by atoms with E-state index in [1.165, 1.54) is 32.1 Å². The normalized spacial score (nSPS) is 49.1. The minimum absolute atomic E-state index is 0.0111. The third kappa shape index (κ3) is 3.29. The number of hydrogen-bond acceptors (Lipinski definition) is 6. The largest absolute Gasteiger partial charge is 0.393 e. The molecule has 0 bridgehead atoms. The Hall–Kier alpha value is -1.34. The number of carbonyl (C=O) groups excluding carboxylic acids is 2. The fraction of sp³-hybridized carbons (Fsp3) is 0.793. The van der Waals surface area contributed by atoms with Crippen molar-refractivity contribution in [2.45, 2.75) is 102 Å². The lowest BCUT2D eigenvalue weighted by molar-refractivity contribution is -0.202. The summed E-state index contributed by atoms with van der Waals surface area (Å²) in [6.45, 7) is 3.69. The van der Waals surface area contributed by atoms with Crippen LogP contribution in [0.25, 0.3) is 0 Å². The van der Waals surface area contributed by atoms with Crippen LogP contribution in [0.5, 0.6) is 0 Å². The molecule has 0 aromatic heterocycles. The summed E-state index contributed by atoms with van der Waals surface area (Å²) < 4.78 is 13.2. The highest BCUT2D eigenvalue weighted by atomic mass is 16.7. The average molecular weight is 485 g/mol. The molecule has 0 aromatic carbocycles. The van der Waals surface area contributed by atoms with E-state index < -0.39 is 30.0 Å². The number of carbonyl (C=O) groups is 2. The van der Waals surface area contributed by atoms with Crippen LogP contribution in [0.3, 0.4) is 0 Å². The highest BCUT2D eigenvalue weighted by molar-refractivity contribution is 6.01. The molecule has 6 nitrogen and oxygen atoms in total. The van der Waals surface area contributed by atoms with E-state index in [9.17, 15) is 19.8 Å². The predicted octanol–water partition coefficient (Wildman–Crippen LogP) is 3.89. The topological polar surface area (TPSA) is 93.1 Å². The summed E-state index contributed by atoms with van der Waals surface area (Å²) in [7, 11) is 0. The lowest BCUT2D eigenvalue weighted by Gasteiger charge is -2.59. The summed E-state index contributed by atoms with van der Waals surface area (Å²) in [5, 5.41) is 21.8. The average Bonchev–Trinajstić information content (AvgIpc) is 3.31. The quantitative estimate of drug-likeness (QED) is 0.629. The zero-order chi connectivity index (χ0) is 24.6. The first-order valence-corrected chi connectivity index (χ1v) is 13.8. The summed E-state index contributed by atoms with van der Waals surface area (Å²) in [5.74, 6) is 0.624. The van der Waals surface area contributed by atoms with Crippen LogP contribution in [-0.4, -0.2) is 52.5 Å². The highest BCUT2D eigenvalue weighted by Gasteiger charge is 2.75. The minimum atomic E-state index is -1.20. The van der Waals surface area contributed by atoms with Crippen LogP contribution in [0.4, 0.5) is 0 Å². The molecule has 192 valence electrons. The smallest absolute Gasteiger partial charge is 0.193 e. The Bertz CT molecular complexity index is 964. The van der Waals surface area contributed by atoms with Crippen LogP contribution in [0.15, 0.2) is 23.8 Å². The van der Waals surface area contributed by atoms with Gasteiger partial charge in [0, 0.05) is 23.2 Å². The molecule has 0 spiro atoms. The van der Waals surface area contributed by atoms with Gasteiger partial charge in [-0.05, 0) is 55.6 Å². The van der Waals surface area contributed by atoms with E-state index in [2.05, 4.69) is 13.8 Å². The first kappa shape index (κ1) is 24.0. The number of rotatable bonds is 4. The summed E-state index contributed by atoms with van der Waals surface area (Å²) in [6.07, 6.45) is 13.8. The van der Waals surface area contributed by atoms with Crippen molar-refractivity contribution < 1.29 is 29.3 Å². The predicted molar refractivity (Wildman–Crippen MR) is 129 cm³/mol. The van der Waals surface area contributed by atoms with Crippen LogP contribution in [0.2, 0.25) is 0 Å². The Balaban J connectivity index is 1.33. The van der Waals surface area contributed by atoms with Gasteiger partial charge < -0.3 is 19.7 Å². The first-order chi connectivity index (χ1) is 16.7. The zero-order valence-electron chi connectivity index (χ0n) is 21.1. The zero-order valence-corrected chi connectivity index (χ0v) is 21.1. The Morgan fingerprint density at radius 1 is 1.17 bits per heavy atom. The number of ether oxygens (including phenoxy) is 2. The second kappa shape index (κ2) is 8.34. The maximum absolute atomic E-state index is 13.5. The van der Waals surface area contributed by atoms with E-state index in [1.54, 1.807) is 12.2 Å². The molecule has 1 heterocycles. The van der Waals surface area contributed by atoms with Crippen LogP contribution in [0.1, 0.15) is 78.1 Å². The van der Waals surface area contributed by atoms with E-state index in [0.717, 1.165) is 31.3 Å². The second-order valence-corrected chi connectivity index (χ2v) is 12.7. The van der Waals surface area contributed by atoms with Crippen molar-refractivity contribution in [1.82, 2.24) is 0 Å². The lowest BCUT2D eigenvalue weighted by atomic mass is 9.46. The number of Topliss-reactive ketones (excluding diaryl/α,β-unsaturated/α-hetero) is 1. The van der Waals surface area contributed by atoms with Crippen molar-refractivity contribution >= 4 is 11.6 Å². The van der Waals surface area contributed by atoms with Crippen molar-refractivity contribution in [3.63, 3.8) is 0 Å². The van der Waals surface area contributed by atoms with Gasteiger partial charge in [0.2, 0.25) is 0 Å². The molecule has 2 N–H and O–H groups in total. The number of aliphatic hydroxyl groups is 2. The molecular formula is C29H40O6. The highest BCUT2D eigenvalue weighted by Crippen LogP contribution is 2.69. The third-order valence-corrected chi connectivity index (χ3v) is 11.1. The molecule has 1 unspecified atom stereocenters. The monoisotopic (exact) mass is 484 g/mol. The van der Waals surface area contributed by atoms with E-state index >= 15 is 0 Å². The fourth-order valence-corrected chi connectivity index (χ4v) is 9.56. The summed E-state index contributed by atoms with van der Waals surface area (Å²) in [4.78, 5) is 25.6. The summed E-state index contributed by atoms with van der Waals surface area (Å²) in [5.41, 5.74) is -1.04. The van der Waals surface area contributed by atoms with Gasteiger partial charge in [0.05, 0.1) is 12.2 Å². The van der Waals surface area contributed by atoms with Gasteiger partial charge in [0.15, 0.2) is 23.5 Å². The Morgan fingerprint density at radius 3 is 2.69 bits per heavy atom. The van der Waals surface area contributed by atoms with Crippen molar-refractivity contribution in [1.29, 1.82) is 0 Å². The number of hydrogen-bond donors (Lipinski definition) is 2. The lowest BCUT2D eigenvalue weighted by Crippen LogP contribution is -2.63. The first-order valence-electron chi connectivity index (χ1n) is 13.8. The van der Waals surface area contributed by atoms with Crippen molar-refractivity contribution in [3.05, 3.63) is 23.8 Å². The van der Waals surface area contributed by atoms with Crippen molar-refractivity contribution in [2.75, 3.05) is 6.61 Å². The van der Waals surface area contributed by atoms with Gasteiger partial charge in [-0.3, -0.25) is 9.59 Å². The van der Waals surface area contributed by atoms with Gasteiger partial charge >= 0.3 is 0 Å². The van der Waals surface area contributed by atoms with Crippen molar-refractivity contribution in [2.24, 2.45) is 34.5 Å². The van der Waals surface area contributed by atoms with E-state index in [4.69, 9.17) is 9.47 Å². The van der Waals surface area contributed by atoms with Gasteiger partial charge in [-0.25, -0.2) is 0 Å². The molecule has 1 aliphatic heterocycles. The molecule has 6 heteroatoms. The van der Waals surface area contributed by atoms with Crippen LogP contribution < -0.4 is 0 Å². The summed E-state index contributed by atoms with van der Waals surface area (Å²) >= 11 is 0. The molecule has 6 rings (SSSR count). The van der Waals surface area contributed by atoms with Crippen molar-refractivity contribution in [3.8, 4) is 0 Å².